The summed E-state index contributed by atoms with van der Waals surface area (Å²) in [4.78, 5) is 0. The minimum absolute atomic E-state index is 0.755. The summed E-state index contributed by atoms with van der Waals surface area (Å²) in [5.41, 5.74) is 2.08. The van der Waals surface area contributed by atoms with E-state index in [4.69, 9.17) is 9.15 Å². The van der Waals surface area contributed by atoms with Crippen molar-refractivity contribution in [3.63, 3.8) is 0 Å². The zero-order valence-corrected chi connectivity index (χ0v) is 9.75. The summed E-state index contributed by atoms with van der Waals surface area (Å²) in [6, 6.07) is 5.95. The molecule has 0 saturated heterocycles. The van der Waals surface area contributed by atoms with Crippen LogP contribution < -0.4 is 10.1 Å². The van der Waals surface area contributed by atoms with E-state index in [0.717, 1.165) is 36.3 Å². The van der Waals surface area contributed by atoms with Gasteiger partial charge in [-0.3, -0.25) is 0 Å². The first-order valence-corrected chi connectivity index (χ1v) is 5.62. The Morgan fingerprint density at radius 1 is 1.38 bits per heavy atom. The number of nitrogens with one attached hydrogen (secondary N) is 1. The van der Waals surface area contributed by atoms with Crippen molar-refractivity contribution in [1.29, 1.82) is 0 Å². The SMILES string of the molecule is CCCOc1ccc2occ(CNC)c2c1. The second-order valence-corrected chi connectivity index (χ2v) is 3.80. The van der Waals surface area contributed by atoms with E-state index >= 15 is 0 Å². The summed E-state index contributed by atoms with van der Waals surface area (Å²) in [6.45, 7) is 3.66. The van der Waals surface area contributed by atoms with Crippen LogP contribution in [0.15, 0.2) is 28.9 Å². The summed E-state index contributed by atoms with van der Waals surface area (Å²) in [6.07, 6.45) is 2.82. The number of benzene rings is 1. The van der Waals surface area contributed by atoms with Crippen molar-refractivity contribution in [3.8, 4) is 5.75 Å². The van der Waals surface area contributed by atoms with E-state index in [-0.39, 0.29) is 0 Å². The molecule has 0 unspecified atom stereocenters. The Hall–Kier alpha value is -1.48. The van der Waals surface area contributed by atoms with E-state index in [1.165, 1.54) is 5.56 Å². The van der Waals surface area contributed by atoms with Crippen molar-refractivity contribution in [2.75, 3.05) is 13.7 Å². The summed E-state index contributed by atoms with van der Waals surface area (Å²) < 4.78 is 11.1. The van der Waals surface area contributed by atoms with Crippen molar-refractivity contribution >= 4 is 11.0 Å². The molecule has 1 heterocycles. The lowest BCUT2D eigenvalue weighted by Crippen LogP contribution is -2.04. The van der Waals surface area contributed by atoms with Gasteiger partial charge in [-0.25, -0.2) is 0 Å². The molecule has 3 heteroatoms. The molecule has 1 aromatic heterocycles. The Bertz CT molecular complexity index is 462. The molecular weight excluding hydrogens is 202 g/mol. The summed E-state index contributed by atoms with van der Waals surface area (Å²) in [7, 11) is 1.93. The number of hydrogen-bond donors (Lipinski definition) is 1. The maximum absolute atomic E-state index is 5.60. The first-order valence-electron chi connectivity index (χ1n) is 5.62. The minimum atomic E-state index is 0.755. The van der Waals surface area contributed by atoms with E-state index in [9.17, 15) is 0 Å². The lowest BCUT2D eigenvalue weighted by Gasteiger charge is -2.04. The van der Waals surface area contributed by atoms with Gasteiger partial charge >= 0.3 is 0 Å². The molecule has 86 valence electrons. The van der Waals surface area contributed by atoms with Crippen LogP contribution in [0, 0.1) is 0 Å². The Kier molecular flexibility index (Phi) is 3.47. The van der Waals surface area contributed by atoms with Crippen molar-refractivity contribution in [3.05, 3.63) is 30.0 Å². The zero-order valence-electron chi connectivity index (χ0n) is 9.75. The smallest absolute Gasteiger partial charge is 0.134 e. The largest absolute Gasteiger partial charge is 0.494 e. The average molecular weight is 219 g/mol. The maximum Gasteiger partial charge on any atom is 0.134 e. The predicted molar refractivity (Wildman–Crippen MR) is 64.8 cm³/mol. The molecule has 2 aromatic rings. The van der Waals surface area contributed by atoms with Crippen LogP contribution in [0.25, 0.3) is 11.0 Å². The van der Waals surface area contributed by atoms with Crippen LogP contribution in [0.4, 0.5) is 0 Å². The van der Waals surface area contributed by atoms with Gasteiger partial charge in [0.1, 0.15) is 11.3 Å². The number of fused-ring (bicyclic) bond motifs is 1. The molecule has 0 aliphatic rings. The van der Waals surface area contributed by atoms with Gasteiger partial charge in [0.05, 0.1) is 12.9 Å². The molecule has 0 radical (unpaired) electrons. The van der Waals surface area contributed by atoms with Gasteiger partial charge in [-0.15, -0.1) is 0 Å². The Morgan fingerprint density at radius 2 is 2.25 bits per heavy atom. The van der Waals surface area contributed by atoms with Gasteiger partial charge < -0.3 is 14.5 Å². The Labute approximate surface area is 95.4 Å². The van der Waals surface area contributed by atoms with E-state index in [1.807, 2.05) is 25.2 Å². The number of rotatable bonds is 5. The van der Waals surface area contributed by atoms with Crippen LogP contribution in [-0.4, -0.2) is 13.7 Å². The number of ether oxygens (including phenoxy) is 1. The van der Waals surface area contributed by atoms with Gasteiger partial charge in [-0.1, -0.05) is 6.92 Å². The molecule has 0 bridgehead atoms. The van der Waals surface area contributed by atoms with Crippen LogP contribution in [0.3, 0.4) is 0 Å². The van der Waals surface area contributed by atoms with Crippen LogP contribution in [0.2, 0.25) is 0 Å². The molecule has 2 rings (SSSR count). The van der Waals surface area contributed by atoms with Crippen LogP contribution in [-0.2, 0) is 6.54 Å². The molecule has 0 aliphatic carbocycles. The van der Waals surface area contributed by atoms with E-state index < -0.39 is 0 Å². The standard InChI is InChI=1S/C13H17NO2/c1-3-6-15-11-4-5-13-12(7-11)10(8-14-2)9-16-13/h4-5,7,9,14H,3,6,8H2,1-2H3. The molecule has 0 amide bonds. The topological polar surface area (TPSA) is 34.4 Å². The Balaban J connectivity index is 2.30. The number of furan rings is 1. The molecular formula is C13H17NO2. The van der Waals surface area contributed by atoms with Crippen LogP contribution in [0.5, 0.6) is 5.75 Å². The first-order chi connectivity index (χ1) is 7.85. The fraction of sp³-hybridized carbons (Fsp3) is 0.385. The third-order valence-electron chi connectivity index (χ3n) is 2.47. The molecule has 0 fully saturated rings. The predicted octanol–water partition coefficient (Wildman–Crippen LogP) is 2.94. The van der Waals surface area contributed by atoms with Crippen LogP contribution in [0.1, 0.15) is 18.9 Å². The highest BCUT2D eigenvalue weighted by atomic mass is 16.5. The second kappa shape index (κ2) is 5.03. The van der Waals surface area contributed by atoms with E-state index in [2.05, 4.69) is 12.2 Å². The lowest BCUT2D eigenvalue weighted by atomic mass is 10.1. The van der Waals surface area contributed by atoms with E-state index in [0.29, 0.717) is 0 Å². The fourth-order valence-electron chi connectivity index (χ4n) is 1.70. The van der Waals surface area contributed by atoms with Crippen molar-refractivity contribution in [2.24, 2.45) is 0 Å². The quantitative estimate of drug-likeness (QED) is 0.839. The van der Waals surface area contributed by atoms with Gasteiger partial charge in [0.2, 0.25) is 0 Å². The van der Waals surface area contributed by atoms with Crippen LogP contribution >= 0.6 is 0 Å². The van der Waals surface area contributed by atoms with Crippen molar-refractivity contribution in [1.82, 2.24) is 5.32 Å². The highest BCUT2D eigenvalue weighted by molar-refractivity contribution is 5.82. The summed E-state index contributed by atoms with van der Waals surface area (Å²) >= 11 is 0. The van der Waals surface area contributed by atoms with Gasteiger partial charge in [0, 0.05) is 17.5 Å². The van der Waals surface area contributed by atoms with Gasteiger partial charge in [-0.2, -0.15) is 0 Å². The zero-order chi connectivity index (χ0) is 11.4. The molecule has 1 N–H and O–H groups in total. The maximum atomic E-state index is 5.60. The second-order valence-electron chi connectivity index (χ2n) is 3.80. The first kappa shape index (κ1) is 11.0. The molecule has 1 aromatic carbocycles. The summed E-state index contributed by atoms with van der Waals surface area (Å²) in [5.74, 6) is 0.910. The Morgan fingerprint density at radius 3 is 3.00 bits per heavy atom. The minimum Gasteiger partial charge on any atom is -0.494 e. The molecule has 0 aliphatic heterocycles. The monoisotopic (exact) mass is 219 g/mol. The molecule has 0 saturated carbocycles. The summed E-state index contributed by atoms with van der Waals surface area (Å²) in [5, 5.41) is 4.25. The van der Waals surface area contributed by atoms with Gasteiger partial charge in [0.15, 0.2) is 0 Å². The van der Waals surface area contributed by atoms with Gasteiger partial charge in [0.25, 0.3) is 0 Å². The van der Waals surface area contributed by atoms with Crippen molar-refractivity contribution < 1.29 is 9.15 Å². The molecule has 16 heavy (non-hydrogen) atoms. The van der Waals surface area contributed by atoms with E-state index in [1.54, 1.807) is 6.26 Å². The van der Waals surface area contributed by atoms with Crippen molar-refractivity contribution in [2.45, 2.75) is 19.9 Å². The highest BCUT2D eigenvalue weighted by Crippen LogP contribution is 2.25. The number of hydrogen-bond acceptors (Lipinski definition) is 3. The molecule has 3 nitrogen and oxygen atoms in total. The third kappa shape index (κ3) is 2.19. The fourth-order valence-corrected chi connectivity index (χ4v) is 1.70. The van der Waals surface area contributed by atoms with Gasteiger partial charge in [-0.05, 0) is 31.7 Å². The third-order valence-corrected chi connectivity index (χ3v) is 2.47. The highest BCUT2D eigenvalue weighted by Gasteiger charge is 2.06. The normalized spacial score (nSPS) is 10.9. The lowest BCUT2D eigenvalue weighted by molar-refractivity contribution is 0.318. The average Bonchev–Trinajstić information content (AvgIpc) is 2.70. The molecule has 0 spiro atoms. The molecule has 0 atom stereocenters.